The number of sulfonamides is 1. The van der Waals surface area contributed by atoms with Gasteiger partial charge in [-0.15, -0.1) is 12.4 Å². The molecule has 2 aliphatic heterocycles. The van der Waals surface area contributed by atoms with Crippen LogP contribution in [-0.2, 0) is 10.0 Å². The fourth-order valence-corrected chi connectivity index (χ4v) is 4.65. The second-order valence-corrected chi connectivity index (χ2v) is 8.62. The monoisotopic (exact) mass is 387 g/mol. The topological polar surface area (TPSA) is 61.8 Å². The Labute approximate surface area is 154 Å². The maximum atomic E-state index is 12.3. The number of thioether (sulfide) groups is 1. The van der Waals surface area contributed by atoms with Crippen LogP contribution in [-0.4, -0.2) is 44.7 Å². The molecule has 2 aliphatic rings. The standard InChI is InChI=1S/C16H21N3O2S2.ClH/c1-13-4-6-15(7-5-13)23(20,21)18-16-17-12-14(22-16)8-11-19-9-2-3-10-19;/h4-8H,2-3,9-12H2,1H3,(H,17,18);1H/b14-8-;. The van der Waals surface area contributed by atoms with Crippen molar-refractivity contribution in [2.75, 3.05) is 26.2 Å². The zero-order chi connectivity index (χ0) is 16.3. The second kappa shape index (κ2) is 8.38. The summed E-state index contributed by atoms with van der Waals surface area (Å²) in [6.45, 7) is 5.72. The Morgan fingerprint density at radius 3 is 2.58 bits per heavy atom. The van der Waals surface area contributed by atoms with Crippen molar-refractivity contribution in [1.29, 1.82) is 0 Å². The van der Waals surface area contributed by atoms with Gasteiger partial charge in [-0.25, -0.2) is 8.42 Å². The third-order valence-electron chi connectivity index (χ3n) is 3.94. The van der Waals surface area contributed by atoms with E-state index >= 15 is 0 Å². The summed E-state index contributed by atoms with van der Waals surface area (Å²) in [6, 6.07) is 6.81. The molecule has 3 rings (SSSR count). The molecule has 0 aliphatic carbocycles. The molecule has 5 nitrogen and oxygen atoms in total. The van der Waals surface area contributed by atoms with Gasteiger partial charge in [-0.1, -0.05) is 35.5 Å². The van der Waals surface area contributed by atoms with E-state index in [0.29, 0.717) is 11.7 Å². The largest absolute Gasteiger partial charge is 0.300 e. The highest BCUT2D eigenvalue weighted by atomic mass is 35.5. The third kappa shape index (κ3) is 4.99. The minimum Gasteiger partial charge on any atom is -0.300 e. The highest BCUT2D eigenvalue weighted by Crippen LogP contribution is 2.25. The molecule has 1 fully saturated rings. The number of aryl methyl sites for hydroxylation is 1. The van der Waals surface area contributed by atoms with Crippen LogP contribution in [0.25, 0.3) is 0 Å². The van der Waals surface area contributed by atoms with E-state index < -0.39 is 10.0 Å². The summed E-state index contributed by atoms with van der Waals surface area (Å²) in [7, 11) is -3.55. The first kappa shape index (κ1) is 19.3. The predicted octanol–water partition coefficient (Wildman–Crippen LogP) is 2.78. The van der Waals surface area contributed by atoms with E-state index in [9.17, 15) is 8.42 Å². The number of nitrogens with zero attached hydrogens (tertiary/aromatic N) is 2. The summed E-state index contributed by atoms with van der Waals surface area (Å²) >= 11 is 1.41. The number of amidine groups is 1. The number of likely N-dealkylation sites (tertiary alicyclic amines) is 1. The highest BCUT2D eigenvalue weighted by molar-refractivity contribution is 8.18. The third-order valence-corrected chi connectivity index (χ3v) is 6.40. The lowest BCUT2D eigenvalue weighted by Gasteiger charge is -2.11. The molecule has 0 saturated carbocycles. The lowest BCUT2D eigenvalue weighted by Crippen LogP contribution is -2.27. The molecule has 1 saturated heterocycles. The Morgan fingerprint density at radius 1 is 1.25 bits per heavy atom. The predicted molar refractivity (Wildman–Crippen MR) is 102 cm³/mol. The smallest absolute Gasteiger partial charge is 0.263 e. The van der Waals surface area contributed by atoms with Crippen molar-refractivity contribution >= 4 is 39.4 Å². The number of aliphatic imine (C=N–C) groups is 1. The first-order valence-corrected chi connectivity index (χ1v) is 10.1. The van der Waals surface area contributed by atoms with Crippen molar-refractivity contribution in [3.8, 4) is 0 Å². The van der Waals surface area contributed by atoms with Crippen LogP contribution >= 0.6 is 24.2 Å². The second-order valence-electron chi connectivity index (χ2n) is 5.82. The molecule has 1 aromatic rings. The average molecular weight is 388 g/mol. The van der Waals surface area contributed by atoms with Crippen LogP contribution in [0.15, 0.2) is 45.1 Å². The van der Waals surface area contributed by atoms with Gasteiger partial charge in [0.25, 0.3) is 10.0 Å². The molecule has 1 N–H and O–H groups in total. The van der Waals surface area contributed by atoms with Crippen LogP contribution < -0.4 is 4.72 Å². The van der Waals surface area contributed by atoms with Gasteiger partial charge in [0.15, 0.2) is 5.17 Å². The van der Waals surface area contributed by atoms with E-state index in [1.165, 1.54) is 24.6 Å². The van der Waals surface area contributed by atoms with Gasteiger partial charge >= 0.3 is 0 Å². The molecule has 8 heteroatoms. The first-order valence-electron chi connectivity index (χ1n) is 7.76. The van der Waals surface area contributed by atoms with Gasteiger partial charge in [0.2, 0.25) is 0 Å². The number of rotatable bonds is 4. The van der Waals surface area contributed by atoms with Gasteiger partial charge in [0, 0.05) is 11.4 Å². The van der Waals surface area contributed by atoms with Crippen molar-refractivity contribution in [3.05, 3.63) is 40.8 Å². The zero-order valence-corrected chi connectivity index (χ0v) is 16.0. The average Bonchev–Trinajstić information content (AvgIpc) is 3.16. The van der Waals surface area contributed by atoms with E-state index in [1.54, 1.807) is 24.3 Å². The van der Waals surface area contributed by atoms with E-state index in [4.69, 9.17) is 0 Å². The molecule has 0 bridgehead atoms. The van der Waals surface area contributed by atoms with Crippen LogP contribution in [0, 0.1) is 6.92 Å². The summed E-state index contributed by atoms with van der Waals surface area (Å²) in [5.74, 6) is 0. The van der Waals surface area contributed by atoms with Crippen molar-refractivity contribution < 1.29 is 8.42 Å². The Kier molecular flexibility index (Phi) is 6.74. The minimum atomic E-state index is -3.55. The highest BCUT2D eigenvalue weighted by Gasteiger charge is 2.21. The van der Waals surface area contributed by atoms with Crippen LogP contribution in [0.4, 0.5) is 0 Å². The van der Waals surface area contributed by atoms with Crippen LogP contribution in [0.2, 0.25) is 0 Å². The van der Waals surface area contributed by atoms with Crippen LogP contribution in [0.5, 0.6) is 0 Å². The summed E-state index contributed by atoms with van der Waals surface area (Å²) in [5.41, 5.74) is 1.03. The van der Waals surface area contributed by atoms with Crippen LogP contribution in [0.3, 0.4) is 0 Å². The van der Waals surface area contributed by atoms with Gasteiger partial charge in [-0.05, 0) is 45.0 Å². The molecule has 0 spiro atoms. The Morgan fingerprint density at radius 2 is 1.92 bits per heavy atom. The maximum Gasteiger partial charge on any atom is 0.263 e. The molecule has 0 unspecified atom stereocenters. The molecule has 132 valence electrons. The number of nitrogens with one attached hydrogen (secondary N) is 1. The molecule has 1 aromatic carbocycles. The van der Waals surface area contributed by atoms with E-state index in [0.717, 1.165) is 30.1 Å². The molecule has 0 atom stereocenters. The molecule has 24 heavy (non-hydrogen) atoms. The lowest BCUT2D eigenvalue weighted by atomic mass is 10.2. The normalized spacial score (nSPS) is 20.0. The molecule has 0 aromatic heterocycles. The van der Waals surface area contributed by atoms with Crippen molar-refractivity contribution in [1.82, 2.24) is 9.62 Å². The number of hydrogen-bond acceptors (Lipinski definition) is 5. The number of halogens is 1. The van der Waals surface area contributed by atoms with Crippen molar-refractivity contribution in [2.24, 2.45) is 4.99 Å². The van der Waals surface area contributed by atoms with Crippen molar-refractivity contribution in [2.45, 2.75) is 24.7 Å². The van der Waals surface area contributed by atoms with E-state index in [2.05, 4.69) is 20.7 Å². The number of benzene rings is 1. The minimum absolute atomic E-state index is 0. The van der Waals surface area contributed by atoms with Gasteiger partial charge in [-0.2, -0.15) is 0 Å². The van der Waals surface area contributed by atoms with Crippen LogP contribution in [0.1, 0.15) is 18.4 Å². The van der Waals surface area contributed by atoms with Gasteiger partial charge in [-0.3, -0.25) is 14.6 Å². The SMILES string of the molecule is Cc1ccc(S(=O)(=O)NC2=NC/C(=C/CN3CCCC3)S2)cc1.Cl. The lowest BCUT2D eigenvalue weighted by molar-refractivity contribution is 0.377. The molecular formula is C16H22ClN3O2S2. The molecule has 0 amide bonds. The Bertz CT molecular complexity index is 724. The van der Waals surface area contributed by atoms with E-state index in [1.807, 2.05) is 6.92 Å². The molecule has 0 radical (unpaired) electrons. The van der Waals surface area contributed by atoms with E-state index in [-0.39, 0.29) is 17.3 Å². The Balaban J connectivity index is 0.00000208. The number of hydrogen-bond donors (Lipinski definition) is 1. The Hall–Kier alpha value is -1.02. The summed E-state index contributed by atoms with van der Waals surface area (Å²) in [4.78, 5) is 8.07. The van der Waals surface area contributed by atoms with Gasteiger partial charge in [0.1, 0.15) is 0 Å². The summed E-state index contributed by atoms with van der Waals surface area (Å²) < 4.78 is 27.3. The molecule has 2 heterocycles. The molecular weight excluding hydrogens is 366 g/mol. The van der Waals surface area contributed by atoms with Crippen molar-refractivity contribution in [3.63, 3.8) is 0 Å². The fraction of sp³-hybridized carbons (Fsp3) is 0.438. The van der Waals surface area contributed by atoms with Gasteiger partial charge in [0.05, 0.1) is 11.4 Å². The quantitative estimate of drug-likeness (QED) is 0.862. The fourth-order valence-electron chi connectivity index (χ4n) is 2.59. The zero-order valence-electron chi connectivity index (χ0n) is 13.6. The summed E-state index contributed by atoms with van der Waals surface area (Å²) in [5, 5.41) is 0.457. The van der Waals surface area contributed by atoms with Gasteiger partial charge < -0.3 is 0 Å². The summed E-state index contributed by atoms with van der Waals surface area (Å²) in [6.07, 6.45) is 4.70. The maximum absolute atomic E-state index is 12.3. The first-order chi connectivity index (χ1) is 11.0.